The van der Waals surface area contributed by atoms with Crippen LogP contribution < -0.4 is 0 Å². The fraction of sp³-hybridized carbons (Fsp3) is 0. The molecule has 0 saturated heterocycles. The molecule has 11 rings (SSSR count). The number of nitrogens with zero attached hydrogens (tertiary/aromatic N) is 3. The average molecular weight is 732 g/mol. The Balaban J connectivity index is 1.03. The van der Waals surface area contributed by atoms with Gasteiger partial charge in [0.15, 0.2) is 11.5 Å². The van der Waals surface area contributed by atoms with Crippen LogP contribution in [0.5, 0.6) is 0 Å². The largest absolute Gasteiger partial charge is 0.282 e. The minimum absolute atomic E-state index is 0.834. The summed E-state index contributed by atoms with van der Waals surface area (Å²) in [5.74, 6) is 0.834. The smallest absolute Gasteiger partial charge is 0.168 e. The fourth-order valence-electron chi connectivity index (χ4n) is 8.02. The highest BCUT2D eigenvalue weighted by Crippen LogP contribution is 2.44. The van der Waals surface area contributed by atoms with Crippen LogP contribution in [0.2, 0.25) is 0 Å². The molecule has 3 heterocycles. The highest BCUT2D eigenvalue weighted by molar-refractivity contribution is 7.26. The first-order chi connectivity index (χ1) is 27.7. The minimum atomic E-state index is 0.834. The molecule has 0 aliphatic heterocycles. The molecule has 0 spiro atoms. The zero-order valence-electron chi connectivity index (χ0n) is 30.3. The Morgan fingerprint density at radius 3 is 1.55 bits per heavy atom. The van der Waals surface area contributed by atoms with E-state index in [1.165, 1.54) is 75.8 Å². The molecule has 8 aromatic carbocycles. The first-order valence-electron chi connectivity index (χ1n) is 18.9. The molecular weight excluding hydrogens is 699 g/mol. The summed E-state index contributed by atoms with van der Waals surface area (Å²) in [5, 5.41) is 14.0. The molecule has 0 unspecified atom stereocenters. The van der Waals surface area contributed by atoms with Crippen LogP contribution in [0.4, 0.5) is 0 Å². The lowest BCUT2D eigenvalue weighted by Crippen LogP contribution is -1.90. The van der Waals surface area contributed by atoms with Crippen molar-refractivity contribution < 1.29 is 0 Å². The number of hydrogen-bond acceptors (Lipinski definition) is 3. The van der Waals surface area contributed by atoms with E-state index in [4.69, 9.17) is 0 Å². The van der Waals surface area contributed by atoms with Gasteiger partial charge in [0.25, 0.3) is 0 Å². The van der Waals surface area contributed by atoms with Crippen LogP contribution in [-0.4, -0.2) is 14.6 Å². The van der Waals surface area contributed by atoms with E-state index in [9.17, 15) is 0 Å². The van der Waals surface area contributed by atoms with Gasteiger partial charge in [0.2, 0.25) is 0 Å². The molecule has 3 aromatic heterocycles. The Hall–Kier alpha value is -7.14. The van der Waals surface area contributed by atoms with Crippen molar-refractivity contribution >= 4 is 47.9 Å². The van der Waals surface area contributed by atoms with Gasteiger partial charge in [-0.2, -0.15) is 0 Å². The average Bonchev–Trinajstić information content (AvgIpc) is 3.89. The maximum Gasteiger partial charge on any atom is 0.168 e. The molecule has 0 radical (unpaired) electrons. The Morgan fingerprint density at radius 2 is 0.875 bits per heavy atom. The molecule has 262 valence electrons. The van der Waals surface area contributed by atoms with Crippen molar-refractivity contribution in [2.45, 2.75) is 0 Å². The zero-order chi connectivity index (χ0) is 37.0. The molecule has 0 aliphatic carbocycles. The topological polar surface area (TPSA) is 30.2 Å². The van der Waals surface area contributed by atoms with E-state index in [0.29, 0.717) is 0 Å². The quantitative estimate of drug-likeness (QED) is 0.170. The van der Waals surface area contributed by atoms with Crippen molar-refractivity contribution in [3.8, 4) is 67.0 Å². The standard InChI is InChI=1S/C52H33N3S/c1-3-9-34(10-4-1)36-15-19-38(20-16-36)43-27-28-49-47(31-43)48-33-44(39-21-17-37(18-22-39)35-11-5-2-6-12-35)32-46(50(48)56-49)41-23-25-42(26-24-41)51-53-54-52-45-14-8-7-13-40(45)29-30-55(51)52/h1-33H. The van der Waals surface area contributed by atoms with Gasteiger partial charge >= 0.3 is 0 Å². The second kappa shape index (κ2) is 13.3. The zero-order valence-corrected chi connectivity index (χ0v) is 31.1. The van der Waals surface area contributed by atoms with E-state index in [0.717, 1.165) is 27.8 Å². The van der Waals surface area contributed by atoms with Gasteiger partial charge in [-0.3, -0.25) is 4.40 Å². The van der Waals surface area contributed by atoms with Gasteiger partial charge in [-0.05, 0) is 85.8 Å². The highest BCUT2D eigenvalue weighted by atomic mass is 32.1. The molecule has 56 heavy (non-hydrogen) atoms. The Kier molecular flexibility index (Phi) is 7.68. The summed E-state index contributed by atoms with van der Waals surface area (Å²) in [7, 11) is 0. The Labute approximate surface area is 328 Å². The predicted octanol–water partition coefficient (Wildman–Crippen LogP) is 14.3. The van der Waals surface area contributed by atoms with E-state index >= 15 is 0 Å². The van der Waals surface area contributed by atoms with Crippen LogP contribution in [0.15, 0.2) is 200 Å². The van der Waals surface area contributed by atoms with Gasteiger partial charge < -0.3 is 0 Å². The lowest BCUT2D eigenvalue weighted by molar-refractivity contribution is 1.11. The van der Waals surface area contributed by atoms with Crippen LogP contribution >= 0.6 is 11.3 Å². The van der Waals surface area contributed by atoms with Gasteiger partial charge in [-0.1, -0.05) is 164 Å². The molecule has 0 amide bonds. The number of fused-ring (bicyclic) bond motifs is 6. The van der Waals surface area contributed by atoms with Gasteiger partial charge in [0, 0.05) is 42.9 Å². The van der Waals surface area contributed by atoms with E-state index in [1.54, 1.807) is 0 Å². The van der Waals surface area contributed by atoms with E-state index < -0.39 is 0 Å². The second-order valence-corrected chi connectivity index (χ2v) is 15.3. The minimum Gasteiger partial charge on any atom is -0.282 e. The monoisotopic (exact) mass is 731 g/mol. The van der Waals surface area contributed by atoms with Crippen LogP contribution in [0.25, 0.3) is 104 Å². The van der Waals surface area contributed by atoms with Crippen molar-refractivity contribution in [3.05, 3.63) is 200 Å². The van der Waals surface area contributed by atoms with Crippen LogP contribution in [0.3, 0.4) is 0 Å². The number of rotatable bonds is 6. The maximum atomic E-state index is 4.65. The fourth-order valence-corrected chi connectivity index (χ4v) is 9.22. The number of aromatic nitrogens is 3. The number of thiophene rings is 1. The second-order valence-electron chi connectivity index (χ2n) is 14.3. The molecule has 0 fully saturated rings. The third-order valence-corrected chi connectivity index (χ3v) is 12.2. The van der Waals surface area contributed by atoms with Crippen molar-refractivity contribution in [3.63, 3.8) is 0 Å². The van der Waals surface area contributed by atoms with Gasteiger partial charge in [0.05, 0.1) is 0 Å². The molecular formula is C52H33N3S. The molecule has 11 aromatic rings. The number of pyridine rings is 1. The van der Waals surface area contributed by atoms with Gasteiger partial charge in [-0.15, -0.1) is 21.5 Å². The predicted molar refractivity (Wildman–Crippen MR) is 236 cm³/mol. The number of hydrogen-bond donors (Lipinski definition) is 0. The van der Waals surface area contributed by atoms with Gasteiger partial charge in [-0.25, -0.2) is 0 Å². The summed E-state index contributed by atoms with van der Waals surface area (Å²) >= 11 is 1.87. The first-order valence-corrected chi connectivity index (χ1v) is 19.7. The summed E-state index contributed by atoms with van der Waals surface area (Å²) in [4.78, 5) is 0. The summed E-state index contributed by atoms with van der Waals surface area (Å²) in [6, 6.07) is 70.0. The number of benzene rings is 8. The van der Waals surface area contributed by atoms with Crippen molar-refractivity contribution in [2.24, 2.45) is 0 Å². The lowest BCUT2D eigenvalue weighted by Gasteiger charge is -2.11. The molecule has 0 saturated carbocycles. The third-order valence-electron chi connectivity index (χ3n) is 11.0. The van der Waals surface area contributed by atoms with Crippen molar-refractivity contribution in [2.75, 3.05) is 0 Å². The Morgan fingerprint density at radius 1 is 0.357 bits per heavy atom. The van der Waals surface area contributed by atoms with E-state index in [2.05, 4.69) is 215 Å². The lowest BCUT2D eigenvalue weighted by atomic mass is 9.94. The van der Waals surface area contributed by atoms with Crippen molar-refractivity contribution in [1.29, 1.82) is 0 Å². The summed E-state index contributed by atoms with van der Waals surface area (Å²) < 4.78 is 4.66. The van der Waals surface area contributed by atoms with Crippen LogP contribution in [0.1, 0.15) is 0 Å². The first kappa shape index (κ1) is 32.3. The maximum absolute atomic E-state index is 4.65. The highest BCUT2D eigenvalue weighted by Gasteiger charge is 2.17. The molecule has 4 heteroatoms. The third kappa shape index (κ3) is 5.58. The summed E-state index contributed by atoms with van der Waals surface area (Å²) in [5.41, 5.74) is 14.0. The summed E-state index contributed by atoms with van der Waals surface area (Å²) in [6.07, 6.45) is 2.07. The Bertz CT molecular complexity index is 3200. The van der Waals surface area contributed by atoms with Crippen LogP contribution in [0, 0.1) is 0 Å². The molecule has 0 N–H and O–H groups in total. The molecule has 0 atom stereocenters. The normalized spacial score (nSPS) is 11.6. The van der Waals surface area contributed by atoms with E-state index in [-0.39, 0.29) is 0 Å². The summed E-state index contributed by atoms with van der Waals surface area (Å²) in [6.45, 7) is 0. The molecule has 0 aliphatic rings. The molecule has 0 bridgehead atoms. The van der Waals surface area contributed by atoms with E-state index in [1.807, 2.05) is 11.3 Å². The van der Waals surface area contributed by atoms with Crippen LogP contribution in [-0.2, 0) is 0 Å². The molecule has 3 nitrogen and oxygen atoms in total. The SMILES string of the molecule is c1ccc(-c2ccc(-c3ccc4sc5c(-c6ccc(-c7nnc8c9ccccc9ccn78)cc6)cc(-c6ccc(-c7ccccc7)cc6)cc5c4c3)cc2)cc1. The van der Waals surface area contributed by atoms with Crippen molar-refractivity contribution in [1.82, 2.24) is 14.6 Å². The van der Waals surface area contributed by atoms with Gasteiger partial charge in [0.1, 0.15) is 0 Å².